The summed E-state index contributed by atoms with van der Waals surface area (Å²) < 4.78 is 4.72. The lowest BCUT2D eigenvalue weighted by Crippen LogP contribution is -2.01. The molecular formula is C53H33N5. The van der Waals surface area contributed by atoms with Gasteiger partial charge in [0, 0.05) is 49.6 Å². The second kappa shape index (κ2) is 12.8. The number of aromatic nitrogens is 5. The van der Waals surface area contributed by atoms with Gasteiger partial charge in [-0.3, -0.25) is 0 Å². The van der Waals surface area contributed by atoms with Gasteiger partial charge in [0.15, 0.2) is 17.5 Å². The van der Waals surface area contributed by atoms with Crippen LogP contribution in [0.15, 0.2) is 200 Å². The van der Waals surface area contributed by atoms with Crippen molar-refractivity contribution in [2.45, 2.75) is 0 Å². The largest absolute Gasteiger partial charge is 0.309 e. The number of hydrogen-bond acceptors (Lipinski definition) is 3. The van der Waals surface area contributed by atoms with E-state index in [0.717, 1.165) is 39.1 Å². The Morgan fingerprint density at radius 2 is 0.724 bits per heavy atom. The van der Waals surface area contributed by atoms with Crippen LogP contribution in [0.3, 0.4) is 0 Å². The summed E-state index contributed by atoms with van der Waals surface area (Å²) in [6, 6.07) is 70.9. The molecule has 270 valence electrons. The molecule has 0 saturated heterocycles. The highest BCUT2D eigenvalue weighted by Gasteiger charge is 2.19. The molecule has 0 fully saturated rings. The fourth-order valence-corrected chi connectivity index (χ4v) is 8.90. The first-order valence-electron chi connectivity index (χ1n) is 19.6. The molecule has 3 heterocycles. The molecule has 0 saturated carbocycles. The predicted molar refractivity (Wildman–Crippen MR) is 240 cm³/mol. The molecule has 0 unspecified atom stereocenters. The summed E-state index contributed by atoms with van der Waals surface area (Å²) in [5.41, 5.74) is 9.58. The monoisotopic (exact) mass is 739 g/mol. The van der Waals surface area contributed by atoms with Crippen LogP contribution in [0.5, 0.6) is 0 Å². The topological polar surface area (TPSA) is 48.5 Å². The molecule has 0 amide bonds. The van der Waals surface area contributed by atoms with Crippen molar-refractivity contribution in [3.05, 3.63) is 200 Å². The molecule has 0 aliphatic carbocycles. The minimum atomic E-state index is 0.623. The van der Waals surface area contributed by atoms with E-state index in [0.29, 0.717) is 17.5 Å². The zero-order valence-corrected chi connectivity index (χ0v) is 31.3. The van der Waals surface area contributed by atoms with Gasteiger partial charge in [0.05, 0.1) is 22.1 Å². The number of nitrogens with zero attached hydrogens (tertiary/aromatic N) is 5. The van der Waals surface area contributed by atoms with E-state index in [4.69, 9.17) is 15.0 Å². The van der Waals surface area contributed by atoms with Crippen LogP contribution in [0.2, 0.25) is 0 Å². The molecule has 0 aliphatic rings. The number of rotatable bonds is 5. The van der Waals surface area contributed by atoms with Gasteiger partial charge in [0.25, 0.3) is 0 Å². The van der Waals surface area contributed by atoms with Crippen molar-refractivity contribution in [2.75, 3.05) is 0 Å². The van der Waals surface area contributed by atoms with Crippen LogP contribution < -0.4 is 0 Å². The van der Waals surface area contributed by atoms with E-state index in [1.54, 1.807) is 0 Å². The van der Waals surface area contributed by atoms with E-state index in [1.165, 1.54) is 54.1 Å². The maximum Gasteiger partial charge on any atom is 0.164 e. The summed E-state index contributed by atoms with van der Waals surface area (Å²) in [5, 5.41) is 9.91. The van der Waals surface area contributed by atoms with Gasteiger partial charge in [-0.15, -0.1) is 0 Å². The Labute approximate surface area is 333 Å². The fourth-order valence-electron chi connectivity index (χ4n) is 8.90. The standard InChI is InChI=1S/C53H33N5/c1-3-15-36(16-4-1)51-54-52(56-53(55-51)38-25-30-44-43-21-11-12-22-45(43)57(48(44)33-38)39-17-5-2-6-18-39)37-23-28-40(29-24-37)58-46-31-26-34-13-7-9-19-41(34)49(46)50-42-20-10-8-14-35(42)27-32-47(50)58/h1-33H. The third-order valence-corrected chi connectivity index (χ3v) is 11.5. The highest BCUT2D eigenvalue weighted by Crippen LogP contribution is 2.41. The normalized spacial score (nSPS) is 11.8. The summed E-state index contributed by atoms with van der Waals surface area (Å²) >= 11 is 0. The first-order chi connectivity index (χ1) is 28.8. The maximum absolute atomic E-state index is 5.18. The predicted octanol–water partition coefficient (Wildman–Crippen LogP) is 13.4. The van der Waals surface area contributed by atoms with Crippen molar-refractivity contribution in [2.24, 2.45) is 0 Å². The molecule has 0 aliphatic heterocycles. The average molecular weight is 740 g/mol. The van der Waals surface area contributed by atoms with E-state index < -0.39 is 0 Å². The quantitative estimate of drug-likeness (QED) is 0.177. The summed E-state index contributed by atoms with van der Waals surface area (Å²) in [5.74, 6) is 1.88. The molecule has 0 N–H and O–H groups in total. The Kier molecular flexibility index (Phi) is 7.16. The molecule has 58 heavy (non-hydrogen) atoms. The molecule has 0 bridgehead atoms. The highest BCUT2D eigenvalue weighted by atomic mass is 15.0. The third kappa shape index (κ3) is 5.00. The van der Waals surface area contributed by atoms with Gasteiger partial charge < -0.3 is 9.13 Å². The van der Waals surface area contributed by atoms with Crippen molar-refractivity contribution in [3.8, 4) is 45.5 Å². The Bertz CT molecular complexity index is 3450. The second-order valence-electron chi connectivity index (χ2n) is 14.8. The molecule has 0 atom stereocenters. The zero-order valence-electron chi connectivity index (χ0n) is 31.3. The molecule has 12 rings (SSSR count). The average Bonchev–Trinajstić information content (AvgIpc) is 3.83. The minimum absolute atomic E-state index is 0.623. The van der Waals surface area contributed by atoms with Gasteiger partial charge in [-0.1, -0.05) is 140 Å². The molecule has 9 aromatic carbocycles. The number of para-hydroxylation sites is 2. The Morgan fingerprint density at radius 3 is 1.36 bits per heavy atom. The van der Waals surface area contributed by atoms with Crippen LogP contribution in [-0.2, 0) is 0 Å². The fraction of sp³-hybridized carbons (Fsp3) is 0. The SMILES string of the molecule is c1ccc(-c2nc(-c3ccc(-n4c5ccc6ccccc6c5c5c6ccccc6ccc54)cc3)nc(-c3ccc4c5ccccc5n(-c5ccccc5)c4c3)n2)cc1. The summed E-state index contributed by atoms with van der Waals surface area (Å²) in [4.78, 5) is 15.4. The van der Waals surface area contributed by atoms with Gasteiger partial charge >= 0.3 is 0 Å². The summed E-state index contributed by atoms with van der Waals surface area (Å²) in [7, 11) is 0. The number of benzene rings is 9. The first-order valence-corrected chi connectivity index (χ1v) is 19.6. The third-order valence-electron chi connectivity index (χ3n) is 11.5. The van der Waals surface area contributed by atoms with Crippen molar-refractivity contribution in [3.63, 3.8) is 0 Å². The van der Waals surface area contributed by atoms with E-state index in [2.05, 4.69) is 191 Å². The van der Waals surface area contributed by atoms with Crippen LogP contribution in [-0.4, -0.2) is 24.1 Å². The Balaban J connectivity index is 1.03. The van der Waals surface area contributed by atoms with Crippen LogP contribution in [0.1, 0.15) is 0 Å². The molecule has 3 aromatic heterocycles. The van der Waals surface area contributed by atoms with E-state index in [9.17, 15) is 0 Å². The van der Waals surface area contributed by atoms with E-state index >= 15 is 0 Å². The first kappa shape index (κ1) is 32.4. The zero-order chi connectivity index (χ0) is 38.2. The molecule has 5 heteroatoms. The van der Waals surface area contributed by atoms with Gasteiger partial charge in [-0.05, 0) is 82.2 Å². The van der Waals surface area contributed by atoms with Crippen LogP contribution >= 0.6 is 0 Å². The second-order valence-corrected chi connectivity index (χ2v) is 14.8. The highest BCUT2D eigenvalue weighted by molar-refractivity contribution is 6.28. The van der Waals surface area contributed by atoms with Crippen molar-refractivity contribution < 1.29 is 0 Å². The lowest BCUT2D eigenvalue weighted by molar-refractivity contribution is 1.07. The molecule has 5 nitrogen and oxygen atoms in total. The van der Waals surface area contributed by atoms with Crippen LogP contribution in [0.25, 0.3) is 111 Å². The summed E-state index contributed by atoms with van der Waals surface area (Å²) in [6.45, 7) is 0. The van der Waals surface area contributed by atoms with Crippen molar-refractivity contribution in [1.29, 1.82) is 0 Å². The number of fused-ring (bicyclic) bond motifs is 10. The van der Waals surface area contributed by atoms with Crippen molar-refractivity contribution in [1.82, 2.24) is 24.1 Å². The van der Waals surface area contributed by atoms with Gasteiger partial charge in [0.1, 0.15) is 0 Å². The van der Waals surface area contributed by atoms with Gasteiger partial charge in [-0.25, -0.2) is 15.0 Å². The minimum Gasteiger partial charge on any atom is -0.309 e. The Morgan fingerprint density at radius 1 is 0.276 bits per heavy atom. The van der Waals surface area contributed by atoms with E-state index in [-0.39, 0.29) is 0 Å². The molecular weight excluding hydrogens is 707 g/mol. The lowest BCUT2D eigenvalue weighted by atomic mass is 10.00. The van der Waals surface area contributed by atoms with E-state index in [1.807, 2.05) is 18.2 Å². The van der Waals surface area contributed by atoms with Crippen LogP contribution in [0.4, 0.5) is 0 Å². The molecule has 12 aromatic rings. The summed E-state index contributed by atoms with van der Waals surface area (Å²) in [6.07, 6.45) is 0. The van der Waals surface area contributed by atoms with Crippen molar-refractivity contribution >= 4 is 65.2 Å². The smallest absolute Gasteiger partial charge is 0.164 e. The van der Waals surface area contributed by atoms with Gasteiger partial charge in [-0.2, -0.15) is 0 Å². The maximum atomic E-state index is 5.18. The molecule has 0 radical (unpaired) electrons. The lowest BCUT2D eigenvalue weighted by Gasteiger charge is -2.12. The Hall–Kier alpha value is -7.89. The molecule has 0 spiro atoms. The van der Waals surface area contributed by atoms with Crippen LogP contribution in [0, 0.1) is 0 Å². The van der Waals surface area contributed by atoms with Gasteiger partial charge in [0.2, 0.25) is 0 Å². The number of hydrogen-bond donors (Lipinski definition) is 0.